The fourth-order valence-corrected chi connectivity index (χ4v) is 4.33. The summed E-state index contributed by atoms with van der Waals surface area (Å²) in [6, 6.07) is 14.8. The molecule has 1 atom stereocenters. The SMILES string of the molecule is O=C(CCCCCN1C(=O)C2Cc3ccccc3CN2C1=O)NCc1ccc(Cl)cc1. The Bertz CT molecular complexity index is 933. The highest BCUT2D eigenvalue weighted by Crippen LogP contribution is 2.30. The van der Waals surface area contributed by atoms with Gasteiger partial charge in [0.15, 0.2) is 0 Å². The second kappa shape index (κ2) is 9.52. The maximum absolute atomic E-state index is 12.8. The molecule has 1 unspecified atom stereocenters. The molecule has 162 valence electrons. The zero-order valence-corrected chi connectivity index (χ0v) is 18.1. The van der Waals surface area contributed by atoms with Crippen LogP contribution in [-0.2, 0) is 29.1 Å². The van der Waals surface area contributed by atoms with Crippen LogP contribution in [0.15, 0.2) is 48.5 Å². The standard InChI is InChI=1S/C24H26ClN3O3/c25-20-11-9-17(10-12-20)15-26-22(29)8-2-1-5-13-27-23(30)21-14-18-6-3-4-7-19(18)16-28(21)24(27)31/h3-4,6-7,9-12,21H,1-2,5,8,13-16H2,(H,26,29). The zero-order valence-electron chi connectivity index (χ0n) is 17.4. The Kier molecular flexibility index (Phi) is 6.56. The van der Waals surface area contributed by atoms with E-state index in [1.165, 1.54) is 4.90 Å². The number of benzene rings is 2. The lowest BCUT2D eigenvalue weighted by Gasteiger charge is -2.28. The average Bonchev–Trinajstić information content (AvgIpc) is 3.01. The van der Waals surface area contributed by atoms with Crippen molar-refractivity contribution in [1.29, 1.82) is 0 Å². The van der Waals surface area contributed by atoms with Crippen LogP contribution >= 0.6 is 11.6 Å². The number of hydrogen-bond donors (Lipinski definition) is 1. The van der Waals surface area contributed by atoms with Crippen LogP contribution in [0.5, 0.6) is 0 Å². The molecule has 2 aliphatic rings. The molecule has 0 bridgehead atoms. The Hall–Kier alpha value is -2.86. The topological polar surface area (TPSA) is 69.7 Å². The first-order valence-electron chi connectivity index (χ1n) is 10.7. The van der Waals surface area contributed by atoms with Crippen molar-refractivity contribution in [2.24, 2.45) is 0 Å². The number of hydrogen-bond acceptors (Lipinski definition) is 3. The van der Waals surface area contributed by atoms with Gasteiger partial charge in [-0.25, -0.2) is 4.79 Å². The first kappa shape index (κ1) is 21.4. The van der Waals surface area contributed by atoms with Crippen LogP contribution in [0.4, 0.5) is 4.79 Å². The van der Waals surface area contributed by atoms with Crippen LogP contribution < -0.4 is 5.32 Å². The average molecular weight is 440 g/mol. The van der Waals surface area contributed by atoms with Gasteiger partial charge in [-0.15, -0.1) is 0 Å². The Labute approximate surface area is 187 Å². The first-order valence-corrected chi connectivity index (χ1v) is 11.1. The van der Waals surface area contributed by atoms with Gasteiger partial charge in [-0.1, -0.05) is 54.4 Å². The van der Waals surface area contributed by atoms with Crippen LogP contribution in [0, 0.1) is 0 Å². The second-order valence-electron chi connectivity index (χ2n) is 8.10. The number of carbonyl (C=O) groups is 3. The molecule has 2 aromatic carbocycles. The highest BCUT2D eigenvalue weighted by molar-refractivity contribution is 6.30. The summed E-state index contributed by atoms with van der Waals surface area (Å²) < 4.78 is 0. The lowest BCUT2D eigenvalue weighted by molar-refractivity contribution is -0.128. The third-order valence-corrected chi connectivity index (χ3v) is 6.22. The number of unbranched alkanes of at least 4 members (excludes halogenated alkanes) is 2. The van der Waals surface area contributed by atoms with Crippen LogP contribution in [0.3, 0.4) is 0 Å². The van der Waals surface area contributed by atoms with Crippen LogP contribution in [0.25, 0.3) is 0 Å². The highest BCUT2D eigenvalue weighted by Gasteiger charge is 2.46. The molecule has 0 spiro atoms. The Balaban J connectivity index is 1.17. The molecule has 0 saturated carbocycles. The number of rotatable bonds is 8. The number of nitrogens with one attached hydrogen (secondary N) is 1. The number of fused-ring (bicyclic) bond motifs is 2. The molecule has 4 amide bonds. The summed E-state index contributed by atoms with van der Waals surface area (Å²) in [6.45, 7) is 1.38. The summed E-state index contributed by atoms with van der Waals surface area (Å²) in [4.78, 5) is 40.6. The van der Waals surface area contributed by atoms with Crippen molar-refractivity contribution in [2.75, 3.05) is 6.54 Å². The summed E-state index contributed by atoms with van der Waals surface area (Å²) in [5, 5.41) is 3.57. The normalized spacial score (nSPS) is 17.5. The van der Waals surface area contributed by atoms with Crippen molar-refractivity contribution in [3.63, 3.8) is 0 Å². The van der Waals surface area contributed by atoms with Crippen LogP contribution in [0.2, 0.25) is 5.02 Å². The fraction of sp³-hybridized carbons (Fsp3) is 0.375. The molecule has 1 N–H and O–H groups in total. The van der Waals surface area contributed by atoms with Crippen molar-refractivity contribution in [2.45, 2.75) is 51.2 Å². The van der Waals surface area contributed by atoms with E-state index in [1.54, 1.807) is 17.0 Å². The van der Waals surface area contributed by atoms with Gasteiger partial charge < -0.3 is 10.2 Å². The van der Waals surface area contributed by atoms with Gasteiger partial charge in [0.05, 0.1) is 0 Å². The molecule has 0 aliphatic carbocycles. The minimum atomic E-state index is -0.374. The van der Waals surface area contributed by atoms with Crippen molar-refractivity contribution in [1.82, 2.24) is 15.1 Å². The molecule has 0 aromatic heterocycles. The third-order valence-electron chi connectivity index (χ3n) is 5.96. The molecule has 1 saturated heterocycles. The summed E-state index contributed by atoms with van der Waals surface area (Å²) in [7, 11) is 0. The van der Waals surface area contributed by atoms with Crippen LogP contribution in [0.1, 0.15) is 42.4 Å². The summed E-state index contributed by atoms with van der Waals surface area (Å²) >= 11 is 5.86. The molecule has 2 aromatic rings. The van der Waals surface area contributed by atoms with Crippen molar-refractivity contribution < 1.29 is 14.4 Å². The molecule has 0 radical (unpaired) electrons. The van der Waals surface area contributed by atoms with Gasteiger partial charge >= 0.3 is 6.03 Å². The maximum Gasteiger partial charge on any atom is 0.327 e. The highest BCUT2D eigenvalue weighted by atomic mass is 35.5. The van der Waals surface area contributed by atoms with E-state index in [0.29, 0.717) is 43.9 Å². The smallest absolute Gasteiger partial charge is 0.327 e. The molecule has 2 heterocycles. The second-order valence-corrected chi connectivity index (χ2v) is 8.54. The molecule has 4 rings (SSSR count). The van der Waals surface area contributed by atoms with Gasteiger partial charge in [0.2, 0.25) is 5.91 Å². The molecular formula is C24H26ClN3O3. The predicted molar refractivity (Wildman–Crippen MR) is 118 cm³/mol. The van der Waals surface area contributed by atoms with E-state index >= 15 is 0 Å². The minimum Gasteiger partial charge on any atom is -0.352 e. The molecule has 31 heavy (non-hydrogen) atoms. The summed E-state index contributed by atoms with van der Waals surface area (Å²) in [5.41, 5.74) is 3.27. The van der Waals surface area contributed by atoms with Gasteiger partial charge in [-0.2, -0.15) is 0 Å². The van der Waals surface area contributed by atoms with Crippen LogP contribution in [-0.4, -0.2) is 40.2 Å². The molecule has 7 heteroatoms. The van der Waals surface area contributed by atoms with Crippen molar-refractivity contribution >= 4 is 29.4 Å². The lowest BCUT2D eigenvalue weighted by atomic mass is 9.95. The van der Waals surface area contributed by atoms with Gasteiger partial charge in [-0.05, 0) is 41.7 Å². The number of imide groups is 1. The zero-order chi connectivity index (χ0) is 21.8. The van der Waals surface area contributed by atoms with E-state index in [-0.39, 0.29) is 23.9 Å². The van der Waals surface area contributed by atoms with Gasteiger partial charge in [-0.3, -0.25) is 14.5 Å². The summed E-state index contributed by atoms with van der Waals surface area (Å²) in [6.07, 6.45) is 3.23. The minimum absolute atomic E-state index is 0.00169. The van der Waals surface area contributed by atoms with E-state index < -0.39 is 0 Å². The number of halogens is 1. The Morgan fingerprint density at radius 1 is 1.00 bits per heavy atom. The van der Waals surface area contributed by atoms with E-state index in [1.807, 2.05) is 36.4 Å². The van der Waals surface area contributed by atoms with Crippen molar-refractivity contribution in [3.8, 4) is 0 Å². The van der Waals surface area contributed by atoms with E-state index in [9.17, 15) is 14.4 Å². The largest absolute Gasteiger partial charge is 0.352 e. The lowest BCUT2D eigenvalue weighted by Crippen LogP contribution is -2.39. The van der Waals surface area contributed by atoms with Gasteiger partial charge in [0, 0.05) is 37.5 Å². The monoisotopic (exact) mass is 439 g/mol. The fourth-order valence-electron chi connectivity index (χ4n) is 4.20. The number of urea groups is 1. The predicted octanol–water partition coefficient (Wildman–Crippen LogP) is 3.91. The third kappa shape index (κ3) is 4.90. The Morgan fingerprint density at radius 3 is 2.52 bits per heavy atom. The molecule has 2 aliphatic heterocycles. The number of nitrogens with zero attached hydrogens (tertiary/aromatic N) is 2. The van der Waals surface area contributed by atoms with Crippen molar-refractivity contribution in [3.05, 3.63) is 70.2 Å². The quantitative estimate of drug-likeness (QED) is 0.501. The Morgan fingerprint density at radius 2 is 1.74 bits per heavy atom. The van der Waals surface area contributed by atoms with E-state index in [0.717, 1.165) is 29.5 Å². The molecule has 6 nitrogen and oxygen atoms in total. The molecular weight excluding hydrogens is 414 g/mol. The number of carbonyl (C=O) groups excluding carboxylic acids is 3. The maximum atomic E-state index is 12.8. The number of amides is 4. The van der Waals surface area contributed by atoms with E-state index in [2.05, 4.69) is 5.32 Å². The first-order chi connectivity index (χ1) is 15.0. The van der Waals surface area contributed by atoms with Gasteiger partial charge in [0.25, 0.3) is 5.91 Å². The molecule has 1 fully saturated rings. The summed E-state index contributed by atoms with van der Waals surface area (Å²) in [5.74, 6) is -0.0987. The van der Waals surface area contributed by atoms with E-state index in [4.69, 9.17) is 11.6 Å². The van der Waals surface area contributed by atoms with Gasteiger partial charge in [0.1, 0.15) is 6.04 Å².